The molecule has 0 aromatic rings. The molecule has 0 unspecified atom stereocenters. The summed E-state index contributed by atoms with van der Waals surface area (Å²) in [4.78, 5) is 14.3. The lowest BCUT2D eigenvalue weighted by atomic mass is 9.88. The van der Waals surface area contributed by atoms with Crippen LogP contribution in [0.2, 0.25) is 0 Å². The Hall–Kier alpha value is -0.0200. The Morgan fingerprint density at radius 1 is 1.46 bits per heavy atom. The minimum Gasteiger partial charge on any atom is -0.298 e. The van der Waals surface area contributed by atoms with Gasteiger partial charge in [-0.3, -0.25) is 9.69 Å². The maximum Gasteiger partial charge on any atom is 0.154 e. The van der Waals surface area contributed by atoms with Gasteiger partial charge in [0.2, 0.25) is 0 Å². The minimum atomic E-state index is -0.0278. The van der Waals surface area contributed by atoms with Crippen molar-refractivity contribution in [2.45, 2.75) is 31.7 Å². The molecular formula is C10H17NOS. The van der Waals surface area contributed by atoms with E-state index in [1.165, 1.54) is 11.5 Å². The number of carbonyl (C=O) groups is 1. The van der Waals surface area contributed by atoms with Crippen molar-refractivity contribution in [3.05, 3.63) is 0 Å². The molecule has 2 saturated heterocycles. The number of likely N-dealkylation sites (tertiary alicyclic amines) is 1. The molecule has 0 atom stereocenters. The number of Topliss-reactive ketones (excluding diaryl/α,β-unsaturated/α-hetero) is 1. The van der Waals surface area contributed by atoms with Gasteiger partial charge >= 0.3 is 0 Å². The minimum absolute atomic E-state index is 0.0278. The van der Waals surface area contributed by atoms with Crippen molar-refractivity contribution in [2.24, 2.45) is 0 Å². The highest BCUT2D eigenvalue weighted by atomic mass is 32.2. The smallest absolute Gasteiger partial charge is 0.154 e. The molecular weight excluding hydrogens is 182 g/mol. The van der Waals surface area contributed by atoms with Gasteiger partial charge in [0.05, 0.1) is 5.54 Å². The van der Waals surface area contributed by atoms with E-state index in [1.807, 2.05) is 11.8 Å². The van der Waals surface area contributed by atoms with E-state index >= 15 is 0 Å². The summed E-state index contributed by atoms with van der Waals surface area (Å²) in [6.45, 7) is 4.21. The number of nitrogens with zero attached hydrogens (tertiary/aromatic N) is 1. The molecule has 0 radical (unpaired) electrons. The Kier molecular flexibility index (Phi) is 2.65. The van der Waals surface area contributed by atoms with Gasteiger partial charge in [0, 0.05) is 13.0 Å². The second-order valence-corrected chi connectivity index (χ2v) is 5.12. The first-order valence-electron chi connectivity index (χ1n) is 5.16. The molecule has 2 heterocycles. The Balaban J connectivity index is 2.19. The van der Waals surface area contributed by atoms with E-state index in [9.17, 15) is 4.79 Å². The van der Waals surface area contributed by atoms with Crippen molar-refractivity contribution in [3.8, 4) is 0 Å². The fraction of sp³-hybridized carbons (Fsp3) is 0.900. The molecule has 0 aliphatic carbocycles. The summed E-state index contributed by atoms with van der Waals surface area (Å²) in [7, 11) is 0. The third-order valence-corrected chi connectivity index (χ3v) is 4.42. The van der Waals surface area contributed by atoms with Crippen molar-refractivity contribution in [1.29, 1.82) is 0 Å². The number of hydrogen-bond donors (Lipinski definition) is 0. The zero-order chi connectivity index (χ0) is 9.31. The van der Waals surface area contributed by atoms with E-state index < -0.39 is 0 Å². The summed E-state index contributed by atoms with van der Waals surface area (Å²) in [5, 5.41) is 0. The molecule has 0 aromatic carbocycles. The topological polar surface area (TPSA) is 20.3 Å². The van der Waals surface area contributed by atoms with Crippen molar-refractivity contribution >= 4 is 17.5 Å². The molecule has 3 heteroatoms. The van der Waals surface area contributed by atoms with Gasteiger partial charge in [-0.05, 0) is 30.9 Å². The highest BCUT2D eigenvalue weighted by Gasteiger charge is 2.47. The fourth-order valence-corrected chi connectivity index (χ4v) is 3.79. The predicted octanol–water partition coefficient (Wildman–Crippen LogP) is 1.55. The molecule has 1 spiro atoms. The zero-order valence-electron chi connectivity index (χ0n) is 8.21. The number of rotatable bonds is 1. The largest absolute Gasteiger partial charge is 0.298 e. The molecule has 74 valence electrons. The molecule has 0 saturated carbocycles. The maximum atomic E-state index is 11.9. The van der Waals surface area contributed by atoms with Gasteiger partial charge in [0.25, 0.3) is 0 Å². The molecule has 2 aliphatic heterocycles. The summed E-state index contributed by atoms with van der Waals surface area (Å²) < 4.78 is 0. The van der Waals surface area contributed by atoms with E-state index in [4.69, 9.17) is 0 Å². The maximum absolute atomic E-state index is 11.9. The highest BCUT2D eigenvalue weighted by Crippen LogP contribution is 2.37. The molecule has 0 aromatic heterocycles. The molecule has 2 aliphatic rings. The van der Waals surface area contributed by atoms with E-state index in [0.717, 1.165) is 32.4 Å². The van der Waals surface area contributed by atoms with Gasteiger partial charge in [-0.1, -0.05) is 6.92 Å². The molecule has 0 amide bonds. The summed E-state index contributed by atoms with van der Waals surface area (Å²) in [6, 6.07) is 0. The van der Waals surface area contributed by atoms with Gasteiger partial charge in [0.15, 0.2) is 5.78 Å². The third-order valence-electron chi connectivity index (χ3n) is 3.43. The predicted molar refractivity (Wildman–Crippen MR) is 56.2 cm³/mol. The molecule has 0 bridgehead atoms. The quantitative estimate of drug-likeness (QED) is 0.639. The van der Waals surface area contributed by atoms with Gasteiger partial charge < -0.3 is 0 Å². The molecule has 2 fully saturated rings. The van der Waals surface area contributed by atoms with Crippen molar-refractivity contribution < 1.29 is 4.79 Å². The summed E-state index contributed by atoms with van der Waals surface area (Å²) in [5.41, 5.74) is -0.0278. The van der Waals surface area contributed by atoms with Crippen LogP contribution in [0.1, 0.15) is 26.2 Å². The van der Waals surface area contributed by atoms with Gasteiger partial charge in [-0.2, -0.15) is 11.8 Å². The standard InChI is InChI=1S/C10H17NOS/c1-2-11-6-3-9(12)10(11)4-7-13-8-5-10/h2-8H2,1H3. The SMILES string of the molecule is CCN1CCC(=O)C12CCSCC2. The molecule has 2 nitrogen and oxygen atoms in total. The second-order valence-electron chi connectivity index (χ2n) is 3.90. The van der Waals surface area contributed by atoms with Crippen LogP contribution in [0.15, 0.2) is 0 Å². The normalized spacial score (nSPS) is 28.5. The van der Waals surface area contributed by atoms with Crippen LogP contribution in [0.5, 0.6) is 0 Å². The fourth-order valence-electron chi connectivity index (χ4n) is 2.62. The monoisotopic (exact) mass is 199 g/mol. The number of ketones is 1. The van der Waals surface area contributed by atoms with Crippen molar-refractivity contribution in [2.75, 3.05) is 24.6 Å². The van der Waals surface area contributed by atoms with Crippen LogP contribution in [0.3, 0.4) is 0 Å². The average Bonchev–Trinajstić information content (AvgIpc) is 2.46. The van der Waals surface area contributed by atoms with Gasteiger partial charge in [-0.25, -0.2) is 0 Å². The zero-order valence-corrected chi connectivity index (χ0v) is 9.03. The van der Waals surface area contributed by atoms with E-state index in [2.05, 4.69) is 11.8 Å². The van der Waals surface area contributed by atoms with Crippen LogP contribution in [0.4, 0.5) is 0 Å². The van der Waals surface area contributed by atoms with Crippen molar-refractivity contribution in [1.82, 2.24) is 4.90 Å². The lowest BCUT2D eigenvalue weighted by Crippen LogP contribution is -2.50. The van der Waals surface area contributed by atoms with Crippen LogP contribution in [0.25, 0.3) is 0 Å². The number of likely N-dealkylation sites (N-methyl/N-ethyl adjacent to an activating group) is 1. The highest BCUT2D eigenvalue weighted by molar-refractivity contribution is 7.99. The van der Waals surface area contributed by atoms with Crippen molar-refractivity contribution in [3.63, 3.8) is 0 Å². The van der Waals surface area contributed by atoms with E-state index in [0.29, 0.717) is 5.78 Å². The molecule has 13 heavy (non-hydrogen) atoms. The number of hydrogen-bond acceptors (Lipinski definition) is 3. The van der Waals surface area contributed by atoms with Crippen LogP contribution < -0.4 is 0 Å². The molecule has 2 rings (SSSR count). The van der Waals surface area contributed by atoms with Crippen LogP contribution >= 0.6 is 11.8 Å². The van der Waals surface area contributed by atoms with E-state index in [1.54, 1.807) is 0 Å². The number of thioether (sulfide) groups is 1. The molecule has 0 N–H and O–H groups in total. The lowest BCUT2D eigenvalue weighted by Gasteiger charge is -2.39. The van der Waals surface area contributed by atoms with Crippen LogP contribution in [0, 0.1) is 0 Å². The Bertz CT molecular complexity index is 211. The number of carbonyl (C=O) groups excluding carboxylic acids is 1. The Morgan fingerprint density at radius 2 is 2.15 bits per heavy atom. The summed E-state index contributed by atoms with van der Waals surface area (Å²) >= 11 is 1.99. The first-order chi connectivity index (χ1) is 6.29. The van der Waals surface area contributed by atoms with Gasteiger partial charge in [-0.15, -0.1) is 0 Å². The third kappa shape index (κ3) is 1.42. The van der Waals surface area contributed by atoms with Gasteiger partial charge in [0.1, 0.15) is 0 Å². The average molecular weight is 199 g/mol. The first kappa shape index (κ1) is 9.53. The summed E-state index contributed by atoms with van der Waals surface area (Å²) in [6.07, 6.45) is 2.97. The lowest BCUT2D eigenvalue weighted by molar-refractivity contribution is -0.125. The Morgan fingerprint density at radius 3 is 2.77 bits per heavy atom. The van der Waals surface area contributed by atoms with Crippen LogP contribution in [-0.4, -0.2) is 40.8 Å². The first-order valence-corrected chi connectivity index (χ1v) is 6.31. The Labute approximate surface area is 84.1 Å². The van der Waals surface area contributed by atoms with Crippen LogP contribution in [-0.2, 0) is 4.79 Å². The van der Waals surface area contributed by atoms with E-state index in [-0.39, 0.29) is 5.54 Å². The summed E-state index contributed by atoms with van der Waals surface area (Å²) in [5.74, 6) is 2.85. The second kappa shape index (κ2) is 3.62.